The minimum absolute atomic E-state index is 0.113. The zero-order chi connectivity index (χ0) is 18.2. The number of nitrogens with zero attached hydrogens (tertiary/aromatic N) is 1. The third kappa shape index (κ3) is 3.57. The molecule has 0 amide bonds. The van der Waals surface area contributed by atoms with Crippen LogP contribution in [-0.2, 0) is 4.65 Å². The quantitative estimate of drug-likeness (QED) is 0.561. The van der Waals surface area contributed by atoms with Crippen LogP contribution < -0.4 is 5.46 Å². The molecule has 2 aromatic carbocycles. The van der Waals surface area contributed by atoms with Crippen molar-refractivity contribution >= 4 is 23.8 Å². The summed E-state index contributed by atoms with van der Waals surface area (Å²) in [4.78, 5) is 4.83. The van der Waals surface area contributed by atoms with E-state index in [9.17, 15) is 0 Å². The summed E-state index contributed by atoms with van der Waals surface area (Å²) < 4.78 is 6.38. The van der Waals surface area contributed by atoms with Gasteiger partial charge < -0.3 is 4.65 Å². The first-order valence-corrected chi connectivity index (χ1v) is 9.09. The highest BCUT2D eigenvalue weighted by Gasteiger charge is 2.49. The van der Waals surface area contributed by atoms with Crippen LogP contribution in [0.3, 0.4) is 0 Å². The largest absolute Gasteiger partial charge is 0.426 e. The normalized spacial score (nSPS) is 19.3. The molecule has 1 aliphatic rings. The van der Waals surface area contributed by atoms with E-state index in [0.717, 1.165) is 23.3 Å². The van der Waals surface area contributed by atoms with Gasteiger partial charge in [0.2, 0.25) is 0 Å². The van der Waals surface area contributed by atoms with Gasteiger partial charge in [-0.05, 0) is 62.1 Å². The number of aryl methyl sites for hydroxylation is 1. The topological polar surface area (TPSA) is 21.6 Å². The van der Waals surface area contributed by atoms with Crippen molar-refractivity contribution in [3.05, 3.63) is 59.7 Å². The second-order valence-corrected chi connectivity index (χ2v) is 8.31. The molecule has 0 atom stereocenters. The van der Waals surface area contributed by atoms with E-state index in [0.29, 0.717) is 0 Å². The predicted octanol–water partition coefficient (Wildman–Crippen LogP) is 5.17. The lowest BCUT2D eigenvalue weighted by atomic mass is 9.54. The Hall–Kier alpha value is -1.87. The van der Waals surface area contributed by atoms with Gasteiger partial charge in [-0.2, -0.15) is 0 Å². The van der Waals surface area contributed by atoms with Crippen molar-refractivity contribution in [2.45, 2.75) is 53.5 Å². The second-order valence-electron chi connectivity index (χ2n) is 8.31. The molecule has 2 nitrogen and oxygen atoms in total. The summed E-state index contributed by atoms with van der Waals surface area (Å²) in [6, 6.07) is 16.9. The molecule has 130 valence electrons. The summed E-state index contributed by atoms with van der Waals surface area (Å²) >= 11 is 0. The van der Waals surface area contributed by atoms with Crippen molar-refractivity contribution < 1.29 is 4.65 Å². The van der Waals surface area contributed by atoms with Gasteiger partial charge >= 0.3 is 6.92 Å². The summed E-state index contributed by atoms with van der Waals surface area (Å²) in [5, 5.41) is 0. The van der Waals surface area contributed by atoms with Crippen molar-refractivity contribution in [3.63, 3.8) is 0 Å². The fourth-order valence-electron chi connectivity index (χ4n) is 3.35. The summed E-state index contributed by atoms with van der Waals surface area (Å²) in [5.41, 5.74) is 5.72. The standard InChI is InChI=1S/C22H28BNO/c1-16-10-7-8-13-20(16)24-17(2)18-11-9-12-19(14-18)23-15-21(3,4)22(5,6)25-23/h7-14H,15H2,1-6H3. The van der Waals surface area contributed by atoms with Gasteiger partial charge in [0.15, 0.2) is 0 Å². The molecule has 1 aliphatic heterocycles. The number of aliphatic imine (C=N–C) groups is 1. The van der Waals surface area contributed by atoms with Crippen molar-refractivity contribution in [1.82, 2.24) is 0 Å². The SMILES string of the molecule is CC(=Nc1ccccc1C)c1cccc(B2CC(C)(C)C(C)(C)O2)c1. The Kier molecular flexibility index (Phi) is 4.63. The van der Waals surface area contributed by atoms with Crippen LogP contribution in [0.1, 0.15) is 45.7 Å². The fourth-order valence-corrected chi connectivity index (χ4v) is 3.35. The Bertz CT molecular complexity index is 791. The van der Waals surface area contributed by atoms with Crippen LogP contribution in [0.15, 0.2) is 53.5 Å². The van der Waals surface area contributed by atoms with E-state index in [1.54, 1.807) is 0 Å². The molecule has 0 aliphatic carbocycles. The zero-order valence-electron chi connectivity index (χ0n) is 16.3. The lowest BCUT2D eigenvalue weighted by molar-refractivity contribution is 0.0375. The summed E-state index contributed by atoms with van der Waals surface area (Å²) in [5.74, 6) is 0. The molecule has 0 bridgehead atoms. The van der Waals surface area contributed by atoms with Gasteiger partial charge in [-0.15, -0.1) is 0 Å². The molecule has 0 unspecified atom stereocenters. The van der Waals surface area contributed by atoms with E-state index < -0.39 is 0 Å². The van der Waals surface area contributed by atoms with Gasteiger partial charge in [-0.25, -0.2) is 0 Å². The number of rotatable bonds is 3. The molecule has 0 spiro atoms. The highest BCUT2D eigenvalue weighted by molar-refractivity contribution is 6.68. The molecule has 25 heavy (non-hydrogen) atoms. The van der Waals surface area contributed by atoms with Crippen LogP contribution in [0.4, 0.5) is 5.69 Å². The van der Waals surface area contributed by atoms with Gasteiger partial charge in [0.1, 0.15) is 0 Å². The first-order valence-electron chi connectivity index (χ1n) is 9.09. The molecular formula is C22H28BNO. The number of benzene rings is 2. The summed E-state index contributed by atoms with van der Waals surface area (Å²) in [7, 11) is 0. The van der Waals surface area contributed by atoms with Crippen LogP contribution in [-0.4, -0.2) is 18.2 Å². The Balaban J connectivity index is 1.89. The summed E-state index contributed by atoms with van der Waals surface area (Å²) in [6.07, 6.45) is 1.04. The average molecular weight is 333 g/mol. The minimum Gasteiger partial charge on any atom is -0.426 e. The molecule has 3 rings (SSSR count). The molecule has 0 N–H and O–H groups in total. The van der Waals surface area contributed by atoms with Gasteiger partial charge in [0, 0.05) is 5.71 Å². The second kappa shape index (κ2) is 6.46. The van der Waals surface area contributed by atoms with Crippen LogP contribution in [0.5, 0.6) is 0 Å². The van der Waals surface area contributed by atoms with E-state index in [-0.39, 0.29) is 17.9 Å². The Morgan fingerprint density at radius 1 is 1.04 bits per heavy atom. The van der Waals surface area contributed by atoms with Crippen molar-refractivity contribution in [2.75, 3.05) is 0 Å². The van der Waals surface area contributed by atoms with E-state index >= 15 is 0 Å². The highest BCUT2D eigenvalue weighted by atomic mass is 16.5. The van der Waals surface area contributed by atoms with Crippen LogP contribution in [0.2, 0.25) is 6.32 Å². The molecule has 0 aromatic heterocycles. The maximum atomic E-state index is 6.38. The maximum absolute atomic E-state index is 6.38. The molecular weight excluding hydrogens is 305 g/mol. The average Bonchev–Trinajstić information content (AvgIpc) is 2.78. The zero-order valence-corrected chi connectivity index (χ0v) is 16.3. The molecule has 1 fully saturated rings. The first kappa shape index (κ1) is 17.9. The highest BCUT2D eigenvalue weighted by Crippen LogP contribution is 2.45. The number of hydrogen-bond donors (Lipinski definition) is 0. The Morgan fingerprint density at radius 2 is 1.76 bits per heavy atom. The van der Waals surface area contributed by atoms with E-state index in [4.69, 9.17) is 9.65 Å². The molecule has 1 heterocycles. The van der Waals surface area contributed by atoms with Gasteiger partial charge in [-0.1, -0.05) is 56.3 Å². The van der Waals surface area contributed by atoms with Crippen LogP contribution in [0.25, 0.3) is 0 Å². The van der Waals surface area contributed by atoms with E-state index in [1.807, 2.05) is 12.1 Å². The smallest absolute Gasteiger partial charge is 0.327 e. The van der Waals surface area contributed by atoms with Gasteiger partial charge in [-0.3, -0.25) is 4.99 Å². The lowest BCUT2D eigenvalue weighted by Crippen LogP contribution is -2.36. The third-order valence-electron chi connectivity index (χ3n) is 5.84. The molecule has 0 radical (unpaired) electrons. The Labute approximate surface area is 152 Å². The Morgan fingerprint density at radius 3 is 2.40 bits per heavy atom. The van der Waals surface area contributed by atoms with Gasteiger partial charge in [0.25, 0.3) is 0 Å². The third-order valence-corrected chi connectivity index (χ3v) is 5.84. The molecule has 2 aromatic rings. The predicted molar refractivity (Wildman–Crippen MR) is 109 cm³/mol. The monoisotopic (exact) mass is 333 g/mol. The maximum Gasteiger partial charge on any atom is 0.327 e. The van der Waals surface area contributed by atoms with Crippen LogP contribution in [0, 0.1) is 12.3 Å². The van der Waals surface area contributed by atoms with Crippen molar-refractivity contribution in [1.29, 1.82) is 0 Å². The number of para-hydroxylation sites is 1. The summed E-state index contributed by atoms with van der Waals surface area (Å²) in [6.45, 7) is 13.3. The first-order chi connectivity index (χ1) is 11.7. The van der Waals surface area contributed by atoms with Crippen LogP contribution >= 0.6 is 0 Å². The molecule has 0 saturated carbocycles. The fraction of sp³-hybridized carbons (Fsp3) is 0.409. The van der Waals surface area contributed by atoms with Crippen molar-refractivity contribution in [3.8, 4) is 0 Å². The molecule has 1 saturated heterocycles. The minimum atomic E-state index is -0.113. The van der Waals surface area contributed by atoms with E-state index in [2.05, 4.69) is 77.9 Å². The number of hydrogen-bond acceptors (Lipinski definition) is 2. The molecule has 3 heteroatoms. The lowest BCUT2D eigenvalue weighted by Gasteiger charge is -2.34. The van der Waals surface area contributed by atoms with E-state index in [1.165, 1.54) is 11.0 Å². The van der Waals surface area contributed by atoms with Gasteiger partial charge in [0.05, 0.1) is 11.3 Å². The van der Waals surface area contributed by atoms with Crippen molar-refractivity contribution in [2.24, 2.45) is 10.4 Å².